The largest absolute Gasteiger partial charge is 0.481 e. The molecule has 3 amide bonds. The van der Waals surface area contributed by atoms with Crippen LogP contribution in [0.3, 0.4) is 0 Å². The number of aliphatic carboxylic acids is 1. The van der Waals surface area contributed by atoms with Crippen molar-refractivity contribution in [3.63, 3.8) is 0 Å². The number of fused-ring (bicyclic) bond motifs is 1. The Kier molecular flexibility index (Phi) is 4.65. The van der Waals surface area contributed by atoms with Crippen molar-refractivity contribution < 1.29 is 19.5 Å². The first-order chi connectivity index (χ1) is 11.9. The molecule has 0 bridgehead atoms. The maximum absolute atomic E-state index is 13.0. The normalized spacial score (nSPS) is 20.3. The minimum absolute atomic E-state index is 0.0341. The number of amides is 3. The molecule has 134 valence electrons. The van der Waals surface area contributed by atoms with Gasteiger partial charge in [0, 0.05) is 45.3 Å². The van der Waals surface area contributed by atoms with Gasteiger partial charge in [0.15, 0.2) is 0 Å². The number of carbonyl (C=O) groups is 3. The number of para-hydroxylation sites is 1. The molecular formula is C18H23N3O4. The summed E-state index contributed by atoms with van der Waals surface area (Å²) in [4.78, 5) is 41.4. The first-order valence-electron chi connectivity index (χ1n) is 8.49. The van der Waals surface area contributed by atoms with Crippen LogP contribution in [0.4, 0.5) is 10.5 Å². The van der Waals surface area contributed by atoms with Gasteiger partial charge in [0.2, 0.25) is 5.91 Å². The lowest BCUT2D eigenvalue weighted by Crippen LogP contribution is -2.47. The zero-order chi connectivity index (χ0) is 18.1. The van der Waals surface area contributed by atoms with Crippen LogP contribution < -0.4 is 4.90 Å². The van der Waals surface area contributed by atoms with E-state index in [0.29, 0.717) is 37.2 Å². The molecule has 2 heterocycles. The highest BCUT2D eigenvalue weighted by Crippen LogP contribution is 2.38. The number of likely N-dealkylation sites (tertiary alicyclic amines) is 1. The van der Waals surface area contributed by atoms with Gasteiger partial charge in [0.05, 0.1) is 0 Å². The van der Waals surface area contributed by atoms with E-state index in [-0.39, 0.29) is 24.4 Å². The lowest BCUT2D eigenvalue weighted by molar-refractivity contribution is -0.138. The van der Waals surface area contributed by atoms with E-state index in [4.69, 9.17) is 0 Å². The van der Waals surface area contributed by atoms with Gasteiger partial charge in [-0.05, 0) is 24.5 Å². The van der Waals surface area contributed by atoms with Gasteiger partial charge in [0.1, 0.15) is 5.92 Å². The summed E-state index contributed by atoms with van der Waals surface area (Å²) in [6, 6.07) is 7.17. The number of carboxylic acid groups (broad SMARTS) is 1. The van der Waals surface area contributed by atoms with E-state index in [9.17, 15) is 19.5 Å². The van der Waals surface area contributed by atoms with Crippen molar-refractivity contribution in [2.75, 3.05) is 38.6 Å². The molecule has 1 unspecified atom stereocenters. The van der Waals surface area contributed by atoms with Gasteiger partial charge in [-0.15, -0.1) is 0 Å². The average Bonchev–Trinajstić information content (AvgIpc) is 3.00. The number of anilines is 1. The van der Waals surface area contributed by atoms with Gasteiger partial charge < -0.3 is 19.8 Å². The third kappa shape index (κ3) is 3.18. The van der Waals surface area contributed by atoms with Crippen LogP contribution in [-0.2, 0) is 9.59 Å². The maximum atomic E-state index is 13.0. The van der Waals surface area contributed by atoms with Crippen LogP contribution in [0.15, 0.2) is 24.3 Å². The van der Waals surface area contributed by atoms with Crippen molar-refractivity contribution in [1.82, 2.24) is 9.80 Å². The van der Waals surface area contributed by atoms with Gasteiger partial charge in [-0.3, -0.25) is 9.59 Å². The molecule has 1 aromatic carbocycles. The molecule has 1 fully saturated rings. The first-order valence-corrected chi connectivity index (χ1v) is 8.49. The van der Waals surface area contributed by atoms with Crippen molar-refractivity contribution in [1.29, 1.82) is 0 Å². The van der Waals surface area contributed by atoms with Crippen molar-refractivity contribution in [3.8, 4) is 0 Å². The fourth-order valence-corrected chi connectivity index (χ4v) is 3.65. The van der Waals surface area contributed by atoms with Gasteiger partial charge >= 0.3 is 12.0 Å². The Morgan fingerprint density at radius 3 is 2.36 bits per heavy atom. The van der Waals surface area contributed by atoms with E-state index in [2.05, 4.69) is 0 Å². The molecule has 7 heteroatoms. The molecule has 0 saturated carbocycles. The predicted molar refractivity (Wildman–Crippen MR) is 92.6 cm³/mol. The molecule has 0 spiro atoms. The first kappa shape index (κ1) is 17.3. The van der Waals surface area contributed by atoms with E-state index in [1.165, 1.54) is 4.90 Å². The van der Waals surface area contributed by atoms with Crippen LogP contribution >= 0.6 is 0 Å². The molecular weight excluding hydrogens is 322 g/mol. The number of nitrogens with zero attached hydrogens (tertiary/aromatic N) is 3. The van der Waals surface area contributed by atoms with Crippen LogP contribution in [0, 0.1) is 5.92 Å². The van der Waals surface area contributed by atoms with E-state index >= 15 is 0 Å². The van der Waals surface area contributed by atoms with Crippen LogP contribution in [0.25, 0.3) is 0 Å². The van der Waals surface area contributed by atoms with Crippen molar-refractivity contribution in [2.45, 2.75) is 18.8 Å². The Labute approximate surface area is 146 Å². The molecule has 2 aliphatic heterocycles. The highest BCUT2D eigenvalue weighted by molar-refractivity contribution is 6.00. The van der Waals surface area contributed by atoms with Crippen LogP contribution in [0.1, 0.15) is 24.3 Å². The molecule has 25 heavy (non-hydrogen) atoms. The van der Waals surface area contributed by atoms with E-state index in [1.54, 1.807) is 42.1 Å². The van der Waals surface area contributed by atoms with Gasteiger partial charge in [-0.25, -0.2) is 4.79 Å². The second-order valence-corrected chi connectivity index (χ2v) is 6.84. The topological polar surface area (TPSA) is 81.2 Å². The van der Waals surface area contributed by atoms with E-state index in [0.717, 1.165) is 0 Å². The fraction of sp³-hybridized carbons (Fsp3) is 0.500. The number of carboxylic acids is 1. The maximum Gasteiger partial charge on any atom is 0.319 e. The Morgan fingerprint density at radius 1 is 1.12 bits per heavy atom. The highest BCUT2D eigenvalue weighted by Gasteiger charge is 2.39. The summed E-state index contributed by atoms with van der Waals surface area (Å²) >= 11 is 0. The van der Waals surface area contributed by atoms with Crippen LogP contribution in [-0.4, -0.2) is 66.5 Å². The molecule has 3 rings (SSSR count). The molecule has 0 radical (unpaired) electrons. The van der Waals surface area contributed by atoms with Crippen LogP contribution in [0.2, 0.25) is 0 Å². The Hall–Kier alpha value is -2.57. The predicted octanol–water partition coefficient (Wildman–Crippen LogP) is 1.60. The summed E-state index contributed by atoms with van der Waals surface area (Å²) in [5.74, 6) is -1.79. The number of carbonyl (C=O) groups excluding carboxylic acids is 2. The summed E-state index contributed by atoms with van der Waals surface area (Å²) in [7, 11) is 3.43. The molecule has 1 aromatic rings. The molecule has 1 atom stereocenters. The Morgan fingerprint density at radius 2 is 1.76 bits per heavy atom. The fourth-order valence-electron chi connectivity index (χ4n) is 3.65. The summed E-state index contributed by atoms with van der Waals surface area (Å²) in [6.45, 7) is 1.28. The third-order valence-corrected chi connectivity index (χ3v) is 5.03. The number of rotatable bonds is 2. The smallest absolute Gasteiger partial charge is 0.319 e. The van der Waals surface area contributed by atoms with Gasteiger partial charge in [-0.2, -0.15) is 0 Å². The lowest BCUT2D eigenvalue weighted by atomic mass is 9.95. The standard InChI is InChI=1S/C18H23N3O4/c1-19(2)18(25)20-9-7-12(8-10-20)16(22)21-11-14(17(23)24)13-5-3-4-6-15(13)21/h3-6,12,14H,7-11H2,1-2H3,(H,23,24). The molecule has 1 saturated heterocycles. The number of urea groups is 1. The molecule has 1 N–H and O–H groups in total. The Balaban J connectivity index is 1.71. The number of piperidine rings is 1. The number of benzene rings is 1. The van der Waals surface area contributed by atoms with Crippen molar-refractivity contribution in [2.24, 2.45) is 5.92 Å². The quantitative estimate of drug-likeness (QED) is 0.883. The summed E-state index contributed by atoms with van der Waals surface area (Å²) in [6.07, 6.45) is 1.21. The second-order valence-electron chi connectivity index (χ2n) is 6.84. The van der Waals surface area contributed by atoms with Crippen molar-refractivity contribution in [3.05, 3.63) is 29.8 Å². The number of hydrogen-bond donors (Lipinski definition) is 1. The van der Waals surface area contributed by atoms with E-state index in [1.807, 2.05) is 6.07 Å². The SMILES string of the molecule is CN(C)C(=O)N1CCC(C(=O)N2CC(C(=O)O)c3ccccc32)CC1. The van der Waals surface area contributed by atoms with Crippen molar-refractivity contribution >= 4 is 23.6 Å². The number of hydrogen-bond acceptors (Lipinski definition) is 3. The minimum Gasteiger partial charge on any atom is -0.481 e. The van der Waals surface area contributed by atoms with Crippen LogP contribution in [0.5, 0.6) is 0 Å². The Bertz CT molecular complexity index is 695. The zero-order valence-corrected chi connectivity index (χ0v) is 14.5. The van der Waals surface area contributed by atoms with Gasteiger partial charge in [0.25, 0.3) is 0 Å². The molecule has 0 aliphatic carbocycles. The molecule has 0 aromatic heterocycles. The van der Waals surface area contributed by atoms with Gasteiger partial charge in [-0.1, -0.05) is 18.2 Å². The minimum atomic E-state index is -0.908. The average molecular weight is 345 g/mol. The summed E-state index contributed by atoms with van der Waals surface area (Å²) in [5.41, 5.74) is 1.40. The summed E-state index contributed by atoms with van der Waals surface area (Å²) < 4.78 is 0. The molecule has 2 aliphatic rings. The third-order valence-electron chi connectivity index (χ3n) is 5.03. The zero-order valence-electron chi connectivity index (χ0n) is 14.5. The lowest BCUT2D eigenvalue weighted by Gasteiger charge is -2.34. The second kappa shape index (κ2) is 6.74. The monoisotopic (exact) mass is 345 g/mol. The highest BCUT2D eigenvalue weighted by atomic mass is 16.4. The van der Waals surface area contributed by atoms with E-state index < -0.39 is 11.9 Å². The summed E-state index contributed by atoms with van der Waals surface area (Å²) in [5, 5.41) is 9.43. The molecule has 7 nitrogen and oxygen atoms in total.